The Morgan fingerprint density at radius 2 is 1.81 bits per heavy atom. The van der Waals surface area contributed by atoms with Crippen molar-refractivity contribution in [3.63, 3.8) is 0 Å². The van der Waals surface area contributed by atoms with Gasteiger partial charge < -0.3 is 14.8 Å². The molecule has 0 unspecified atom stereocenters. The number of aromatic nitrogens is 2. The summed E-state index contributed by atoms with van der Waals surface area (Å²) in [7, 11) is 4.13. The molecule has 2 heterocycles. The fraction of sp³-hybridized carbons (Fsp3) is 0.440. The van der Waals surface area contributed by atoms with Crippen molar-refractivity contribution >= 4 is 47.3 Å². The zero-order valence-electron chi connectivity index (χ0n) is 19.1. The van der Waals surface area contributed by atoms with Crippen molar-refractivity contribution in [1.82, 2.24) is 14.9 Å². The molecule has 0 atom stereocenters. The molecule has 0 radical (unpaired) electrons. The third-order valence-electron chi connectivity index (χ3n) is 6.54. The first-order valence-electron chi connectivity index (χ1n) is 11.0. The topological polar surface area (TPSA) is 52.2 Å². The second kappa shape index (κ2) is 11.6. The van der Waals surface area contributed by atoms with E-state index in [1.165, 1.54) is 22.3 Å². The zero-order valence-corrected chi connectivity index (χ0v) is 20.7. The molecule has 1 aromatic carbocycles. The Balaban J connectivity index is 0.00000181. The predicted octanol–water partition coefficient (Wildman–Crippen LogP) is 5.59. The fourth-order valence-corrected chi connectivity index (χ4v) is 4.80. The van der Waals surface area contributed by atoms with Crippen molar-refractivity contribution in [1.29, 1.82) is 0 Å². The van der Waals surface area contributed by atoms with Gasteiger partial charge in [0.1, 0.15) is 0 Å². The van der Waals surface area contributed by atoms with Crippen LogP contribution in [0.1, 0.15) is 49.8 Å². The Morgan fingerprint density at radius 1 is 1.09 bits per heavy atom. The molecular formula is C25H34Cl2N4O. The normalized spacial score (nSPS) is 17.8. The van der Waals surface area contributed by atoms with E-state index in [0.717, 1.165) is 44.2 Å². The Hall–Kier alpha value is -2.24. The van der Waals surface area contributed by atoms with Crippen molar-refractivity contribution in [2.45, 2.75) is 51.0 Å². The van der Waals surface area contributed by atoms with Crippen LogP contribution in [-0.2, 0) is 11.2 Å². The Morgan fingerprint density at radius 3 is 2.50 bits per heavy atom. The lowest BCUT2D eigenvalue weighted by atomic mass is 9.83. The Bertz CT molecular complexity index is 1010. The minimum absolute atomic E-state index is 0. The summed E-state index contributed by atoms with van der Waals surface area (Å²) in [4.78, 5) is 24.6. The van der Waals surface area contributed by atoms with Gasteiger partial charge in [-0.05, 0) is 55.9 Å². The number of amides is 1. The van der Waals surface area contributed by atoms with E-state index in [0.29, 0.717) is 12.0 Å². The average Bonchev–Trinajstić information content (AvgIpc) is 3.17. The lowest BCUT2D eigenvalue weighted by Gasteiger charge is -2.36. The molecule has 0 aliphatic heterocycles. The second-order valence-electron chi connectivity index (χ2n) is 8.66. The monoisotopic (exact) mass is 476 g/mol. The van der Waals surface area contributed by atoms with Gasteiger partial charge in [-0.25, -0.2) is 0 Å². The number of carbonyl (C=O) groups is 1. The number of hydrogen-bond acceptors (Lipinski definition) is 3. The summed E-state index contributed by atoms with van der Waals surface area (Å²) in [6.45, 7) is 2.49. The number of carbonyl (C=O) groups excluding carboxylic acids is 1. The van der Waals surface area contributed by atoms with Crippen molar-refractivity contribution in [2.24, 2.45) is 0 Å². The van der Waals surface area contributed by atoms with Crippen LogP contribution < -0.4 is 4.90 Å². The highest BCUT2D eigenvalue weighted by molar-refractivity contribution is 5.85. The third kappa shape index (κ3) is 5.76. The van der Waals surface area contributed by atoms with E-state index in [2.05, 4.69) is 70.4 Å². The first kappa shape index (κ1) is 26.0. The number of para-hydroxylation sites is 1. The molecule has 1 aliphatic rings. The summed E-state index contributed by atoms with van der Waals surface area (Å²) in [5, 5.41) is 1.26. The average molecular weight is 477 g/mol. The maximum atomic E-state index is 12.4. The fourth-order valence-electron chi connectivity index (χ4n) is 4.80. The van der Waals surface area contributed by atoms with Crippen molar-refractivity contribution in [3.8, 4) is 0 Å². The van der Waals surface area contributed by atoms with Gasteiger partial charge in [0.2, 0.25) is 5.91 Å². The van der Waals surface area contributed by atoms with E-state index in [4.69, 9.17) is 0 Å². The van der Waals surface area contributed by atoms with Crippen LogP contribution in [0.4, 0.5) is 5.69 Å². The summed E-state index contributed by atoms with van der Waals surface area (Å²) < 4.78 is 0. The predicted molar refractivity (Wildman–Crippen MR) is 137 cm³/mol. The summed E-state index contributed by atoms with van der Waals surface area (Å²) in [6.07, 6.45) is 9.16. The van der Waals surface area contributed by atoms with Crippen LogP contribution in [0, 0.1) is 0 Å². The van der Waals surface area contributed by atoms with Crippen LogP contribution in [0.15, 0.2) is 48.8 Å². The minimum atomic E-state index is 0. The highest BCUT2D eigenvalue weighted by Gasteiger charge is 2.28. The molecule has 0 saturated heterocycles. The molecule has 0 spiro atoms. The third-order valence-corrected chi connectivity index (χ3v) is 6.54. The molecule has 1 saturated carbocycles. The van der Waals surface area contributed by atoms with Crippen LogP contribution in [0.2, 0.25) is 0 Å². The first-order chi connectivity index (χ1) is 14.5. The van der Waals surface area contributed by atoms with E-state index in [1.807, 2.05) is 12.3 Å². The zero-order chi connectivity index (χ0) is 21.1. The molecule has 32 heavy (non-hydrogen) atoms. The molecule has 0 bridgehead atoms. The van der Waals surface area contributed by atoms with E-state index < -0.39 is 0 Å². The number of halogens is 2. The van der Waals surface area contributed by atoms with Crippen molar-refractivity contribution in [3.05, 3.63) is 60.0 Å². The van der Waals surface area contributed by atoms with Gasteiger partial charge in [-0.15, -0.1) is 24.8 Å². The summed E-state index contributed by atoms with van der Waals surface area (Å²) in [6, 6.07) is 13.0. The van der Waals surface area contributed by atoms with Gasteiger partial charge in [0.05, 0.1) is 0 Å². The summed E-state index contributed by atoms with van der Waals surface area (Å²) in [5.41, 5.74) is 4.84. The molecule has 1 aliphatic carbocycles. The van der Waals surface area contributed by atoms with E-state index in [9.17, 15) is 4.79 Å². The van der Waals surface area contributed by atoms with E-state index >= 15 is 0 Å². The van der Waals surface area contributed by atoms with Gasteiger partial charge in [-0.3, -0.25) is 9.78 Å². The number of H-pyrrole nitrogens is 1. The van der Waals surface area contributed by atoms with Crippen LogP contribution >= 0.6 is 24.8 Å². The van der Waals surface area contributed by atoms with Gasteiger partial charge in [0, 0.05) is 74.2 Å². The Kier molecular flexibility index (Phi) is 9.41. The number of nitrogens with zero attached hydrogens (tertiary/aromatic N) is 3. The summed E-state index contributed by atoms with van der Waals surface area (Å²) >= 11 is 0. The van der Waals surface area contributed by atoms with E-state index in [-0.39, 0.29) is 30.7 Å². The number of fused-ring (bicyclic) bond motifs is 1. The second-order valence-corrected chi connectivity index (χ2v) is 8.66. The minimum Gasteiger partial charge on any atom is -0.378 e. The number of rotatable bonds is 6. The molecule has 1 amide bonds. The van der Waals surface area contributed by atoms with Crippen LogP contribution in [0.25, 0.3) is 10.9 Å². The number of anilines is 1. The summed E-state index contributed by atoms with van der Waals surface area (Å²) in [5.74, 6) is 0.676. The highest BCUT2D eigenvalue weighted by Crippen LogP contribution is 2.35. The molecule has 2 aromatic heterocycles. The SMILES string of the molecule is CC(=O)N(CCc1c[nH]c2ccccc12)C1CCC(c2cc(N(C)C)ccn2)CC1.Cl.Cl. The lowest BCUT2D eigenvalue weighted by molar-refractivity contribution is -0.131. The maximum Gasteiger partial charge on any atom is 0.219 e. The molecule has 3 aromatic rings. The van der Waals surface area contributed by atoms with Crippen LogP contribution in [-0.4, -0.2) is 47.5 Å². The standard InChI is InChI=1S/C25H32N4O.2ClH/c1-18(30)29(15-13-20-17-27-24-7-5-4-6-23(20)24)21-10-8-19(9-11-21)25-16-22(28(2)3)12-14-26-25;;/h4-7,12,14,16-17,19,21,27H,8-11,13,15H2,1-3H3;2*1H. The Labute approximate surface area is 203 Å². The molecular weight excluding hydrogens is 443 g/mol. The molecule has 1 fully saturated rings. The number of pyridine rings is 1. The van der Waals surface area contributed by atoms with Gasteiger partial charge in [0.15, 0.2) is 0 Å². The van der Waals surface area contributed by atoms with Gasteiger partial charge in [-0.2, -0.15) is 0 Å². The maximum absolute atomic E-state index is 12.4. The number of nitrogens with one attached hydrogen (secondary N) is 1. The van der Waals surface area contributed by atoms with Crippen LogP contribution in [0.3, 0.4) is 0 Å². The van der Waals surface area contributed by atoms with Gasteiger partial charge in [0.25, 0.3) is 0 Å². The lowest BCUT2D eigenvalue weighted by Crippen LogP contribution is -2.42. The van der Waals surface area contributed by atoms with Gasteiger partial charge in [-0.1, -0.05) is 18.2 Å². The largest absolute Gasteiger partial charge is 0.378 e. The molecule has 174 valence electrons. The first-order valence-corrected chi connectivity index (χ1v) is 11.0. The highest BCUT2D eigenvalue weighted by atomic mass is 35.5. The molecule has 1 N–H and O–H groups in total. The van der Waals surface area contributed by atoms with E-state index in [1.54, 1.807) is 6.92 Å². The number of benzene rings is 1. The van der Waals surface area contributed by atoms with Gasteiger partial charge >= 0.3 is 0 Å². The molecule has 4 rings (SSSR count). The van der Waals surface area contributed by atoms with Crippen molar-refractivity contribution < 1.29 is 4.79 Å². The number of hydrogen-bond donors (Lipinski definition) is 1. The number of aromatic amines is 1. The smallest absolute Gasteiger partial charge is 0.219 e. The van der Waals surface area contributed by atoms with Crippen molar-refractivity contribution in [2.75, 3.05) is 25.5 Å². The molecule has 7 heteroatoms. The quantitative estimate of drug-likeness (QED) is 0.504. The van der Waals surface area contributed by atoms with Crippen LogP contribution in [0.5, 0.6) is 0 Å². The molecule has 5 nitrogen and oxygen atoms in total.